The van der Waals surface area contributed by atoms with Gasteiger partial charge in [0, 0.05) is 21.5 Å². The molecule has 2 aromatic carbocycles. The van der Waals surface area contributed by atoms with E-state index in [0.29, 0.717) is 10.6 Å². The van der Waals surface area contributed by atoms with E-state index in [9.17, 15) is 9.18 Å². The van der Waals surface area contributed by atoms with Crippen LogP contribution in [0.15, 0.2) is 40.9 Å². The number of benzene rings is 2. The fourth-order valence-electron chi connectivity index (χ4n) is 1.61. The number of halogens is 4. The quantitative estimate of drug-likeness (QED) is 0.676. The average Bonchev–Trinajstić information content (AvgIpc) is 2.36. The molecule has 1 nitrogen and oxygen atoms in total. The second kappa shape index (κ2) is 6.04. The van der Waals surface area contributed by atoms with Crippen LogP contribution in [0.3, 0.4) is 0 Å². The predicted molar refractivity (Wildman–Crippen MR) is 78.6 cm³/mol. The molecule has 0 heterocycles. The minimum absolute atomic E-state index is 0.00164. The summed E-state index contributed by atoms with van der Waals surface area (Å²) in [7, 11) is 0. The molecule has 2 rings (SSSR count). The highest BCUT2D eigenvalue weighted by atomic mass is 79.9. The molecular formula is C14H8BrCl2FO. The molecule has 2 aromatic rings. The van der Waals surface area contributed by atoms with E-state index in [1.165, 1.54) is 12.1 Å². The van der Waals surface area contributed by atoms with E-state index < -0.39 is 5.82 Å². The van der Waals surface area contributed by atoms with Crippen molar-refractivity contribution in [2.24, 2.45) is 0 Å². The minimum Gasteiger partial charge on any atom is -0.294 e. The average molecular weight is 362 g/mol. The van der Waals surface area contributed by atoms with Crippen molar-refractivity contribution >= 4 is 44.9 Å². The summed E-state index contributed by atoms with van der Waals surface area (Å²) in [5, 5.41) is 0.496. The van der Waals surface area contributed by atoms with E-state index in [4.69, 9.17) is 23.2 Å². The highest BCUT2D eigenvalue weighted by Crippen LogP contribution is 2.23. The molecule has 0 atom stereocenters. The zero-order valence-electron chi connectivity index (χ0n) is 9.59. The van der Waals surface area contributed by atoms with E-state index in [2.05, 4.69) is 15.9 Å². The van der Waals surface area contributed by atoms with Crippen molar-refractivity contribution in [1.82, 2.24) is 0 Å². The molecule has 0 saturated carbocycles. The van der Waals surface area contributed by atoms with Gasteiger partial charge in [0.05, 0.1) is 5.02 Å². The molecule has 19 heavy (non-hydrogen) atoms. The van der Waals surface area contributed by atoms with Crippen LogP contribution in [-0.2, 0) is 6.42 Å². The van der Waals surface area contributed by atoms with Gasteiger partial charge in [0.15, 0.2) is 5.78 Å². The van der Waals surface area contributed by atoms with Gasteiger partial charge in [-0.3, -0.25) is 4.79 Å². The summed E-state index contributed by atoms with van der Waals surface area (Å²) in [4.78, 5) is 12.0. The summed E-state index contributed by atoms with van der Waals surface area (Å²) in [6.07, 6.45) is 0.118. The van der Waals surface area contributed by atoms with Gasteiger partial charge >= 0.3 is 0 Å². The van der Waals surface area contributed by atoms with Crippen molar-refractivity contribution in [1.29, 1.82) is 0 Å². The van der Waals surface area contributed by atoms with Gasteiger partial charge in [0.1, 0.15) is 5.82 Å². The molecule has 0 fully saturated rings. The molecule has 0 unspecified atom stereocenters. The Morgan fingerprint density at radius 1 is 1.11 bits per heavy atom. The van der Waals surface area contributed by atoms with Crippen molar-refractivity contribution in [3.05, 3.63) is 67.9 Å². The van der Waals surface area contributed by atoms with Crippen LogP contribution in [0.25, 0.3) is 0 Å². The van der Waals surface area contributed by atoms with Crippen LogP contribution >= 0.6 is 39.1 Å². The second-order valence-corrected chi connectivity index (χ2v) is 5.69. The second-order valence-electron chi connectivity index (χ2n) is 3.96. The monoisotopic (exact) mass is 360 g/mol. The SMILES string of the molecule is O=C(Cc1ccc(Br)cc1Cl)c1ccc(Cl)c(F)c1. The molecule has 0 N–H and O–H groups in total. The van der Waals surface area contributed by atoms with Crippen LogP contribution in [0.1, 0.15) is 15.9 Å². The predicted octanol–water partition coefficient (Wildman–Crippen LogP) is 5.32. The number of carbonyl (C=O) groups excluding carboxylic acids is 1. The lowest BCUT2D eigenvalue weighted by molar-refractivity contribution is 0.0992. The molecule has 0 spiro atoms. The largest absolute Gasteiger partial charge is 0.294 e. The van der Waals surface area contributed by atoms with Gasteiger partial charge in [-0.2, -0.15) is 0 Å². The van der Waals surface area contributed by atoms with Crippen molar-refractivity contribution < 1.29 is 9.18 Å². The molecule has 0 amide bonds. The van der Waals surface area contributed by atoms with Crippen LogP contribution < -0.4 is 0 Å². The standard InChI is InChI=1S/C14H8BrCl2FO/c15-10-3-1-8(12(17)7-10)6-14(19)9-2-4-11(16)13(18)5-9/h1-5,7H,6H2. The first-order chi connectivity index (χ1) is 8.97. The Bertz CT molecular complexity index is 643. The highest BCUT2D eigenvalue weighted by molar-refractivity contribution is 9.10. The Labute approximate surface area is 128 Å². The Morgan fingerprint density at radius 3 is 2.47 bits per heavy atom. The van der Waals surface area contributed by atoms with Gasteiger partial charge in [-0.1, -0.05) is 45.2 Å². The lowest BCUT2D eigenvalue weighted by Crippen LogP contribution is -2.04. The first-order valence-corrected chi connectivity index (χ1v) is 6.94. The summed E-state index contributed by atoms with van der Waals surface area (Å²) in [5.41, 5.74) is 0.978. The highest BCUT2D eigenvalue weighted by Gasteiger charge is 2.12. The molecule has 0 bridgehead atoms. The summed E-state index contributed by atoms with van der Waals surface area (Å²) in [6, 6.07) is 9.28. The van der Waals surface area contributed by atoms with Crippen LogP contribution in [0.4, 0.5) is 4.39 Å². The molecule has 98 valence electrons. The molecule has 0 aliphatic heterocycles. The third-order valence-electron chi connectivity index (χ3n) is 2.61. The van der Waals surface area contributed by atoms with Crippen molar-refractivity contribution in [2.45, 2.75) is 6.42 Å². The number of carbonyl (C=O) groups is 1. The van der Waals surface area contributed by atoms with Crippen LogP contribution in [-0.4, -0.2) is 5.78 Å². The van der Waals surface area contributed by atoms with Gasteiger partial charge < -0.3 is 0 Å². The zero-order valence-corrected chi connectivity index (χ0v) is 12.7. The fraction of sp³-hybridized carbons (Fsp3) is 0.0714. The zero-order chi connectivity index (χ0) is 14.0. The number of hydrogen-bond donors (Lipinski definition) is 0. The van der Waals surface area contributed by atoms with E-state index in [1.54, 1.807) is 18.2 Å². The van der Waals surface area contributed by atoms with Gasteiger partial charge in [-0.05, 0) is 35.9 Å². The maximum absolute atomic E-state index is 13.3. The number of hydrogen-bond acceptors (Lipinski definition) is 1. The number of Topliss-reactive ketones (excluding diaryl/α,β-unsaturated/α-hetero) is 1. The van der Waals surface area contributed by atoms with Crippen molar-refractivity contribution in [2.75, 3.05) is 0 Å². The topological polar surface area (TPSA) is 17.1 Å². The van der Waals surface area contributed by atoms with Crippen molar-refractivity contribution in [3.63, 3.8) is 0 Å². The summed E-state index contributed by atoms with van der Waals surface area (Å²) < 4.78 is 14.1. The van der Waals surface area contributed by atoms with E-state index in [-0.39, 0.29) is 22.8 Å². The van der Waals surface area contributed by atoms with Crippen LogP contribution in [0.2, 0.25) is 10.0 Å². The fourth-order valence-corrected chi connectivity index (χ4v) is 2.47. The van der Waals surface area contributed by atoms with Crippen molar-refractivity contribution in [3.8, 4) is 0 Å². The lowest BCUT2D eigenvalue weighted by atomic mass is 10.0. The molecule has 0 aliphatic carbocycles. The number of ketones is 1. The molecular weight excluding hydrogens is 354 g/mol. The minimum atomic E-state index is -0.602. The van der Waals surface area contributed by atoms with Gasteiger partial charge in [-0.25, -0.2) is 4.39 Å². The molecule has 0 saturated heterocycles. The molecule has 0 aromatic heterocycles. The summed E-state index contributed by atoms with van der Waals surface area (Å²) in [5.74, 6) is -0.811. The Hall–Kier alpha value is -0.900. The first-order valence-electron chi connectivity index (χ1n) is 5.39. The van der Waals surface area contributed by atoms with Crippen LogP contribution in [0.5, 0.6) is 0 Å². The van der Waals surface area contributed by atoms with Gasteiger partial charge in [0.25, 0.3) is 0 Å². The maximum atomic E-state index is 13.3. The number of rotatable bonds is 3. The maximum Gasteiger partial charge on any atom is 0.167 e. The Kier molecular flexibility index (Phi) is 4.61. The van der Waals surface area contributed by atoms with E-state index >= 15 is 0 Å². The molecule has 0 radical (unpaired) electrons. The smallest absolute Gasteiger partial charge is 0.167 e. The normalized spacial score (nSPS) is 10.5. The van der Waals surface area contributed by atoms with Gasteiger partial charge in [0.2, 0.25) is 0 Å². The third-order valence-corrected chi connectivity index (χ3v) is 3.76. The molecule has 0 aliphatic rings. The lowest BCUT2D eigenvalue weighted by Gasteiger charge is -2.05. The Morgan fingerprint density at radius 2 is 1.84 bits per heavy atom. The first kappa shape index (κ1) is 14.5. The molecule has 5 heteroatoms. The Balaban J connectivity index is 2.23. The summed E-state index contributed by atoms with van der Waals surface area (Å²) in [6.45, 7) is 0. The van der Waals surface area contributed by atoms with E-state index in [0.717, 1.165) is 10.5 Å². The van der Waals surface area contributed by atoms with E-state index in [1.807, 2.05) is 0 Å². The summed E-state index contributed by atoms with van der Waals surface area (Å²) >= 11 is 14.9. The van der Waals surface area contributed by atoms with Crippen LogP contribution in [0, 0.1) is 5.82 Å². The third kappa shape index (κ3) is 3.56. The van der Waals surface area contributed by atoms with Gasteiger partial charge in [-0.15, -0.1) is 0 Å².